The molecule has 0 saturated heterocycles. The summed E-state index contributed by atoms with van der Waals surface area (Å²) in [4.78, 5) is 13.8. The van der Waals surface area contributed by atoms with Gasteiger partial charge in [-0.2, -0.15) is 0 Å². The molecule has 0 aliphatic heterocycles. The number of furan rings is 1. The quantitative estimate of drug-likeness (QED) is 0.922. The van der Waals surface area contributed by atoms with Crippen molar-refractivity contribution in [3.05, 3.63) is 36.1 Å². The van der Waals surface area contributed by atoms with Crippen molar-refractivity contribution < 1.29 is 9.21 Å². The van der Waals surface area contributed by atoms with Crippen LogP contribution in [0.1, 0.15) is 12.7 Å². The molecular weight excluding hydrogens is 276 g/mol. The minimum absolute atomic E-state index is 0. The number of nitrogens with zero attached hydrogens (tertiary/aromatic N) is 1. The smallest absolute Gasteiger partial charge is 0.226 e. The fourth-order valence-electron chi connectivity index (χ4n) is 2.20. The van der Waals surface area contributed by atoms with E-state index in [1.807, 2.05) is 51.4 Å². The molecule has 0 bridgehead atoms. The highest BCUT2D eigenvalue weighted by atomic mass is 35.5. The molecule has 1 amide bonds. The summed E-state index contributed by atoms with van der Waals surface area (Å²) < 4.78 is 5.72. The minimum atomic E-state index is -0.0284. The fourth-order valence-corrected chi connectivity index (χ4v) is 2.20. The summed E-state index contributed by atoms with van der Waals surface area (Å²) in [5.74, 6) is 0.905. The van der Waals surface area contributed by atoms with Crippen LogP contribution in [0.25, 0.3) is 11.0 Å². The average molecular weight is 297 g/mol. The zero-order chi connectivity index (χ0) is 13.8. The van der Waals surface area contributed by atoms with Gasteiger partial charge in [-0.25, -0.2) is 0 Å². The summed E-state index contributed by atoms with van der Waals surface area (Å²) in [5.41, 5.74) is 0.863. The average Bonchev–Trinajstić information content (AvgIpc) is 2.80. The number of nitrogens with one attached hydrogen (secondary N) is 1. The molecule has 0 fully saturated rings. The number of rotatable bonds is 5. The van der Waals surface area contributed by atoms with E-state index in [9.17, 15) is 4.79 Å². The Morgan fingerprint density at radius 1 is 1.40 bits per heavy atom. The fraction of sp³-hybridized carbons (Fsp3) is 0.400. The predicted molar refractivity (Wildman–Crippen MR) is 83.0 cm³/mol. The van der Waals surface area contributed by atoms with E-state index in [2.05, 4.69) is 5.32 Å². The molecule has 5 heteroatoms. The molecule has 2 aromatic rings. The number of halogens is 1. The van der Waals surface area contributed by atoms with Gasteiger partial charge in [0, 0.05) is 24.9 Å². The number of amides is 1. The molecule has 1 aromatic heterocycles. The van der Waals surface area contributed by atoms with E-state index < -0.39 is 0 Å². The van der Waals surface area contributed by atoms with Crippen LogP contribution in [0.5, 0.6) is 0 Å². The number of carbonyl (C=O) groups is 1. The molecule has 0 aliphatic carbocycles. The zero-order valence-corrected chi connectivity index (χ0v) is 12.9. The first-order chi connectivity index (χ1) is 9.11. The summed E-state index contributed by atoms with van der Waals surface area (Å²) in [6.07, 6.45) is 0. The lowest BCUT2D eigenvalue weighted by atomic mass is 10.1. The van der Waals surface area contributed by atoms with Gasteiger partial charge in [0.25, 0.3) is 0 Å². The van der Waals surface area contributed by atoms with Gasteiger partial charge in [-0.3, -0.25) is 4.79 Å². The first-order valence-corrected chi connectivity index (χ1v) is 6.49. The lowest BCUT2D eigenvalue weighted by Gasteiger charge is -2.20. The molecule has 110 valence electrons. The molecule has 4 nitrogen and oxygen atoms in total. The summed E-state index contributed by atoms with van der Waals surface area (Å²) in [6, 6.07) is 9.85. The Kier molecular flexibility index (Phi) is 6.05. The van der Waals surface area contributed by atoms with Crippen molar-refractivity contribution in [2.45, 2.75) is 13.5 Å². The molecule has 1 N–H and O–H groups in total. The Morgan fingerprint density at radius 3 is 2.75 bits per heavy atom. The summed E-state index contributed by atoms with van der Waals surface area (Å²) in [5, 5.41) is 4.09. The molecule has 0 radical (unpaired) electrons. The second-order valence-electron chi connectivity index (χ2n) is 4.90. The topological polar surface area (TPSA) is 45.5 Å². The van der Waals surface area contributed by atoms with E-state index in [-0.39, 0.29) is 24.2 Å². The van der Waals surface area contributed by atoms with E-state index in [4.69, 9.17) is 4.42 Å². The Balaban J connectivity index is 0.00000200. The molecule has 1 atom stereocenters. The monoisotopic (exact) mass is 296 g/mol. The van der Waals surface area contributed by atoms with Gasteiger partial charge >= 0.3 is 0 Å². The summed E-state index contributed by atoms with van der Waals surface area (Å²) in [7, 11) is 3.66. The lowest BCUT2D eigenvalue weighted by molar-refractivity contribution is -0.134. The van der Waals surface area contributed by atoms with Crippen molar-refractivity contribution in [3.8, 4) is 0 Å². The number of hydrogen-bond donors (Lipinski definition) is 1. The highest BCUT2D eigenvalue weighted by molar-refractivity contribution is 5.85. The van der Waals surface area contributed by atoms with Crippen molar-refractivity contribution in [2.75, 3.05) is 20.6 Å². The van der Waals surface area contributed by atoms with E-state index >= 15 is 0 Å². The second-order valence-corrected chi connectivity index (χ2v) is 4.90. The van der Waals surface area contributed by atoms with Gasteiger partial charge in [0.1, 0.15) is 11.3 Å². The molecule has 1 unspecified atom stereocenters. The van der Waals surface area contributed by atoms with E-state index in [0.717, 1.165) is 16.7 Å². The molecule has 0 saturated carbocycles. The van der Waals surface area contributed by atoms with E-state index in [0.29, 0.717) is 13.1 Å². The predicted octanol–water partition coefficient (Wildman–Crippen LogP) is 2.67. The maximum Gasteiger partial charge on any atom is 0.226 e. The third kappa shape index (κ3) is 3.74. The van der Waals surface area contributed by atoms with Crippen LogP contribution >= 0.6 is 12.4 Å². The van der Waals surface area contributed by atoms with Gasteiger partial charge in [-0.05, 0) is 19.2 Å². The number of benzene rings is 1. The highest BCUT2D eigenvalue weighted by Gasteiger charge is 2.18. The maximum absolute atomic E-state index is 12.1. The molecular formula is C15H21ClN2O2. The first-order valence-electron chi connectivity index (χ1n) is 6.49. The highest BCUT2D eigenvalue weighted by Crippen LogP contribution is 2.20. The van der Waals surface area contributed by atoms with Crippen LogP contribution in [-0.2, 0) is 11.3 Å². The third-order valence-electron chi connectivity index (χ3n) is 3.18. The lowest BCUT2D eigenvalue weighted by Crippen LogP contribution is -2.35. The van der Waals surface area contributed by atoms with Gasteiger partial charge in [-0.15, -0.1) is 12.4 Å². The number of para-hydroxylation sites is 1. The Bertz CT molecular complexity index is 535. The van der Waals surface area contributed by atoms with Gasteiger partial charge in [0.05, 0.1) is 6.54 Å². The van der Waals surface area contributed by atoms with Crippen molar-refractivity contribution in [3.63, 3.8) is 0 Å². The largest absolute Gasteiger partial charge is 0.459 e. The van der Waals surface area contributed by atoms with Gasteiger partial charge in [0.2, 0.25) is 5.91 Å². The Labute approximate surface area is 125 Å². The minimum Gasteiger partial charge on any atom is -0.459 e. The molecule has 1 heterocycles. The van der Waals surface area contributed by atoms with Crippen LogP contribution in [-0.4, -0.2) is 31.4 Å². The van der Waals surface area contributed by atoms with Gasteiger partial charge in [-0.1, -0.05) is 25.1 Å². The Hall–Kier alpha value is -1.52. The van der Waals surface area contributed by atoms with E-state index in [1.165, 1.54) is 0 Å². The number of carbonyl (C=O) groups excluding carboxylic acids is 1. The molecule has 0 spiro atoms. The maximum atomic E-state index is 12.1. The molecule has 0 aliphatic rings. The normalized spacial score (nSPS) is 11.9. The SMILES string of the molecule is CNCC(C)C(=O)N(C)Cc1cc2ccccc2o1.Cl. The van der Waals surface area contributed by atoms with E-state index in [1.54, 1.807) is 4.90 Å². The van der Waals surface area contributed by atoms with Gasteiger partial charge < -0.3 is 14.6 Å². The number of fused-ring (bicyclic) bond motifs is 1. The summed E-state index contributed by atoms with van der Waals surface area (Å²) in [6.45, 7) is 3.11. The van der Waals surface area contributed by atoms with Crippen molar-refractivity contribution >= 4 is 29.3 Å². The standard InChI is InChI=1S/C15H20N2O2.ClH/c1-11(9-16-2)15(18)17(3)10-13-8-12-6-4-5-7-14(12)19-13;/h4-8,11,16H,9-10H2,1-3H3;1H. The van der Waals surface area contributed by atoms with Crippen LogP contribution in [0.15, 0.2) is 34.7 Å². The van der Waals surface area contributed by atoms with Crippen LogP contribution in [0.3, 0.4) is 0 Å². The van der Waals surface area contributed by atoms with Crippen molar-refractivity contribution in [2.24, 2.45) is 5.92 Å². The molecule has 20 heavy (non-hydrogen) atoms. The van der Waals surface area contributed by atoms with Crippen LogP contribution < -0.4 is 5.32 Å². The van der Waals surface area contributed by atoms with Crippen molar-refractivity contribution in [1.29, 1.82) is 0 Å². The van der Waals surface area contributed by atoms with Crippen LogP contribution in [0.4, 0.5) is 0 Å². The van der Waals surface area contributed by atoms with Crippen LogP contribution in [0, 0.1) is 5.92 Å². The van der Waals surface area contributed by atoms with Gasteiger partial charge in [0.15, 0.2) is 0 Å². The van der Waals surface area contributed by atoms with Crippen LogP contribution in [0.2, 0.25) is 0 Å². The van der Waals surface area contributed by atoms with Crippen molar-refractivity contribution in [1.82, 2.24) is 10.2 Å². The first kappa shape index (κ1) is 16.5. The second kappa shape index (κ2) is 7.31. The number of hydrogen-bond acceptors (Lipinski definition) is 3. The third-order valence-corrected chi connectivity index (χ3v) is 3.18. The summed E-state index contributed by atoms with van der Waals surface area (Å²) >= 11 is 0. The molecule has 1 aromatic carbocycles. The Morgan fingerprint density at radius 2 is 2.10 bits per heavy atom. The molecule has 2 rings (SSSR count). The zero-order valence-electron chi connectivity index (χ0n) is 12.1.